The molecule has 1 aliphatic rings. The van der Waals surface area contributed by atoms with Crippen molar-refractivity contribution in [2.24, 2.45) is 0 Å². The number of thiophene rings is 1. The summed E-state index contributed by atoms with van der Waals surface area (Å²) in [6, 6.07) is 0. The summed E-state index contributed by atoms with van der Waals surface area (Å²) in [5.74, 6) is 0.507. The van der Waals surface area contributed by atoms with E-state index in [0.29, 0.717) is 5.92 Å². The molecule has 0 saturated heterocycles. The number of aromatic amines is 1. The summed E-state index contributed by atoms with van der Waals surface area (Å²) >= 11 is 1.69. The van der Waals surface area contributed by atoms with Crippen LogP contribution in [0.2, 0.25) is 0 Å². The first-order chi connectivity index (χ1) is 7.27. The van der Waals surface area contributed by atoms with Gasteiger partial charge in [0.25, 0.3) is 5.56 Å². The van der Waals surface area contributed by atoms with E-state index < -0.39 is 0 Å². The zero-order valence-electron chi connectivity index (χ0n) is 8.54. The lowest BCUT2D eigenvalue weighted by atomic mass is 9.88. The van der Waals surface area contributed by atoms with Gasteiger partial charge in [0.2, 0.25) is 0 Å². The lowest BCUT2D eigenvalue weighted by Gasteiger charge is -2.18. The summed E-state index contributed by atoms with van der Waals surface area (Å²) in [7, 11) is 0. The number of H-pyrrole nitrogens is 1. The lowest BCUT2D eigenvalue weighted by molar-refractivity contribution is 0.601. The Bertz CT molecular complexity index is 569. The van der Waals surface area contributed by atoms with Crippen molar-refractivity contribution in [2.45, 2.75) is 32.1 Å². The van der Waals surface area contributed by atoms with E-state index in [1.165, 1.54) is 29.6 Å². The molecule has 0 bridgehead atoms. The summed E-state index contributed by atoms with van der Waals surface area (Å²) in [4.78, 5) is 21.0. The normalized spacial score (nSPS) is 20.5. The third-order valence-electron chi connectivity index (χ3n) is 3.14. The first-order valence-corrected chi connectivity index (χ1v) is 6.08. The van der Waals surface area contributed by atoms with Crippen LogP contribution in [0.4, 0.5) is 0 Å². The van der Waals surface area contributed by atoms with Crippen molar-refractivity contribution in [3.63, 3.8) is 0 Å². The van der Waals surface area contributed by atoms with Crippen LogP contribution in [0.1, 0.15) is 36.1 Å². The average molecular weight is 220 g/mol. The van der Waals surface area contributed by atoms with Gasteiger partial charge in [-0.2, -0.15) is 0 Å². The minimum absolute atomic E-state index is 0.0197. The molecule has 3 rings (SSSR count). The molecule has 0 radical (unpaired) electrons. The molecule has 3 nitrogen and oxygen atoms in total. The number of aryl methyl sites for hydroxylation is 1. The summed E-state index contributed by atoms with van der Waals surface area (Å²) in [6.07, 6.45) is 5.03. The largest absolute Gasteiger partial charge is 0.313 e. The fraction of sp³-hybridized carbons (Fsp3) is 0.455. The number of rotatable bonds is 0. The highest BCUT2D eigenvalue weighted by Gasteiger charge is 2.23. The number of hydrogen-bond acceptors (Lipinski definition) is 3. The number of hydrogen-bond donors (Lipinski definition) is 1. The molecule has 15 heavy (non-hydrogen) atoms. The maximum Gasteiger partial charge on any atom is 0.259 e. The van der Waals surface area contributed by atoms with E-state index in [0.717, 1.165) is 16.6 Å². The maximum absolute atomic E-state index is 11.8. The van der Waals surface area contributed by atoms with Crippen LogP contribution in [0.5, 0.6) is 0 Å². The van der Waals surface area contributed by atoms with Crippen molar-refractivity contribution >= 4 is 21.6 Å². The molecule has 0 fully saturated rings. The molecule has 0 amide bonds. The van der Waals surface area contributed by atoms with Crippen LogP contribution in [0, 0.1) is 0 Å². The first-order valence-electron chi connectivity index (χ1n) is 5.26. The molecule has 0 aliphatic heterocycles. The SMILES string of the molecule is C[C@@H]1CCCc2sc3nc[nH]c(=O)c3c21. The Labute approximate surface area is 91.2 Å². The highest BCUT2D eigenvalue weighted by Crippen LogP contribution is 2.39. The highest BCUT2D eigenvalue weighted by molar-refractivity contribution is 7.18. The summed E-state index contributed by atoms with van der Waals surface area (Å²) in [6.45, 7) is 2.20. The van der Waals surface area contributed by atoms with Crippen LogP contribution in [0.3, 0.4) is 0 Å². The van der Waals surface area contributed by atoms with Gasteiger partial charge in [-0.05, 0) is 30.7 Å². The van der Waals surface area contributed by atoms with Crippen molar-refractivity contribution in [2.75, 3.05) is 0 Å². The topological polar surface area (TPSA) is 45.8 Å². The number of aromatic nitrogens is 2. The highest BCUT2D eigenvalue weighted by atomic mass is 32.1. The number of nitrogens with one attached hydrogen (secondary N) is 1. The van der Waals surface area contributed by atoms with Gasteiger partial charge in [0.1, 0.15) is 4.83 Å². The molecule has 0 aromatic carbocycles. The van der Waals surface area contributed by atoms with Gasteiger partial charge >= 0.3 is 0 Å². The van der Waals surface area contributed by atoms with Crippen molar-refractivity contribution in [1.82, 2.24) is 9.97 Å². The predicted molar refractivity (Wildman–Crippen MR) is 61.6 cm³/mol. The second kappa shape index (κ2) is 3.17. The van der Waals surface area contributed by atoms with Gasteiger partial charge in [-0.1, -0.05) is 6.92 Å². The van der Waals surface area contributed by atoms with Gasteiger partial charge < -0.3 is 4.98 Å². The van der Waals surface area contributed by atoms with E-state index in [1.54, 1.807) is 11.3 Å². The molecule has 1 aliphatic carbocycles. The Balaban J connectivity index is 2.44. The summed E-state index contributed by atoms with van der Waals surface area (Å²) < 4.78 is 0. The molecule has 1 atom stereocenters. The first kappa shape index (κ1) is 9.09. The predicted octanol–water partition coefficient (Wildman–Crippen LogP) is 2.42. The molecule has 0 saturated carbocycles. The Morgan fingerprint density at radius 3 is 3.33 bits per heavy atom. The molecule has 0 spiro atoms. The molecule has 78 valence electrons. The second-order valence-electron chi connectivity index (χ2n) is 4.14. The molecule has 0 unspecified atom stereocenters. The number of fused-ring (bicyclic) bond motifs is 3. The van der Waals surface area contributed by atoms with Crippen LogP contribution >= 0.6 is 11.3 Å². The smallest absolute Gasteiger partial charge is 0.259 e. The zero-order chi connectivity index (χ0) is 10.4. The van der Waals surface area contributed by atoms with Gasteiger partial charge in [0, 0.05) is 4.88 Å². The van der Waals surface area contributed by atoms with Crippen LogP contribution in [-0.4, -0.2) is 9.97 Å². The fourth-order valence-corrected chi connectivity index (χ4v) is 3.73. The van der Waals surface area contributed by atoms with Crippen LogP contribution < -0.4 is 5.56 Å². The maximum atomic E-state index is 11.8. The minimum Gasteiger partial charge on any atom is -0.313 e. The fourth-order valence-electron chi connectivity index (χ4n) is 2.43. The molecule has 2 heterocycles. The minimum atomic E-state index is 0.0197. The standard InChI is InChI=1S/C11H12N2OS/c1-6-3-2-4-7-8(6)9-10(14)12-5-13-11(9)15-7/h5-6H,2-4H2,1H3,(H,12,13,14)/t6-/m1/s1. The summed E-state index contributed by atoms with van der Waals surface area (Å²) in [5.41, 5.74) is 1.28. The van der Waals surface area contributed by atoms with Crippen molar-refractivity contribution in [3.8, 4) is 0 Å². The van der Waals surface area contributed by atoms with E-state index in [1.807, 2.05) is 0 Å². The Kier molecular flexibility index (Phi) is 1.92. The molecule has 4 heteroatoms. The summed E-state index contributed by atoms with van der Waals surface area (Å²) in [5, 5.41) is 0.838. The monoisotopic (exact) mass is 220 g/mol. The third-order valence-corrected chi connectivity index (χ3v) is 4.32. The average Bonchev–Trinajstić information content (AvgIpc) is 2.58. The quantitative estimate of drug-likeness (QED) is 0.741. The molecular formula is C11H12N2OS. The van der Waals surface area contributed by atoms with Gasteiger partial charge in [-0.3, -0.25) is 4.79 Å². The Hall–Kier alpha value is -1.16. The van der Waals surface area contributed by atoms with Crippen LogP contribution in [-0.2, 0) is 6.42 Å². The van der Waals surface area contributed by atoms with Crippen LogP contribution in [0.15, 0.2) is 11.1 Å². The van der Waals surface area contributed by atoms with Gasteiger partial charge in [-0.25, -0.2) is 4.98 Å². The van der Waals surface area contributed by atoms with Gasteiger partial charge in [-0.15, -0.1) is 11.3 Å². The second-order valence-corrected chi connectivity index (χ2v) is 5.23. The molecule has 2 aromatic rings. The lowest BCUT2D eigenvalue weighted by Crippen LogP contribution is -2.10. The number of nitrogens with zero attached hydrogens (tertiary/aromatic N) is 1. The van der Waals surface area contributed by atoms with Gasteiger partial charge in [0.15, 0.2) is 0 Å². The van der Waals surface area contributed by atoms with E-state index in [9.17, 15) is 4.79 Å². The van der Waals surface area contributed by atoms with Crippen molar-refractivity contribution in [1.29, 1.82) is 0 Å². The van der Waals surface area contributed by atoms with Crippen molar-refractivity contribution in [3.05, 3.63) is 27.1 Å². The van der Waals surface area contributed by atoms with Crippen LogP contribution in [0.25, 0.3) is 10.2 Å². The molecular weight excluding hydrogens is 208 g/mol. The van der Waals surface area contributed by atoms with Gasteiger partial charge in [0.05, 0.1) is 11.7 Å². The van der Waals surface area contributed by atoms with E-state index in [4.69, 9.17) is 0 Å². The molecule has 1 N–H and O–H groups in total. The Morgan fingerprint density at radius 1 is 1.60 bits per heavy atom. The third kappa shape index (κ3) is 1.24. The Morgan fingerprint density at radius 2 is 2.47 bits per heavy atom. The van der Waals surface area contributed by atoms with E-state index >= 15 is 0 Å². The zero-order valence-corrected chi connectivity index (χ0v) is 9.36. The van der Waals surface area contributed by atoms with E-state index in [-0.39, 0.29) is 5.56 Å². The van der Waals surface area contributed by atoms with Crippen molar-refractivity contribution < 1.29 is 0 Å². The molecule has 2 aromatic heterocycles. The van der Waals surface area contributed by atoms with E-state index in [2.05, 4.69) is 16.9 Å².